The lowest BCUT2D eigenvalue weighted by Gasteiger charge is -2.32. The van der Waals surface area contributed by atoms with Crippen LogP contribution in [0.1, 0.15) is 44.6 Å². The number of likely N-dealkylation sites (tertiary alicyclic amines) is 1. The van der Waals surface area contributed by atoms with Gasteiger partial charge in [-0.05, 0) is 37.3 Å². The van der Waals surface area contributed by atoms with Crippen LogP contribution in [-0.2, 0) is 9.59 Å². The van der Waals surface area contributed by atoms with Gasteiger partial charge in [-0.25, -0.2) is 4.79 Å². The molecule has 2 rings (SSSR count). The Hall–Kier alpha value is -2.04. The van der Waals surface area contributed by atoms with Crippen molar-refractivity contribution in [2.75, 3.05) is 13.7 Å². The van der Waals surface area contributed by atoms with Crippen LogP contribution in [0.3, 0.4) is 0 Å². The Morgan fingerprint density at radius 1 is 1.41 bits per heavy atom. The Morgan fingerprint density at radius 2 is 2.09 bits per heavy atom. The SMILES string of the molecule is COc1ccccc1C(C)CC(=O)N1CCCC1(C)C(=O)O. The Bertz CT molecular complexity index is 572. The topological polar surface area (TPSA) is 66.8 Å². The quantitative estimate of drug-likeness (QED) is 0.908. The van der Waals surface area contributed by atoms with Gasteiger partial charge in [-0.15, -0.1) is 0 Å². The van der Waals surface area contributed by atoms with Crippen LogP contribution in [0.5, 0.6) is 5.75 Å². The smallest absolute Gasteiger partial charge is 0.329 e. The van der Waals surface area contributed by atoms with Gasteiger partial charge < -0.3 is 14.7 Å². The zero-order valence-electron chi connectivity index (χ0n) is 13.3. The summed E-state index contributed by atoms with van der Waals surface area (Å²) in [5.41, 5.74) is -0.105. The molecule has 1 aliphatic heterocycles. The van der Waals surface area contributed by atoms with E-state index < -0.39 is 11.5 Å². The van der Waals surface area contributed by atoms with E-state index in [-0.39, 0.29) is 18.2 Å². The van der Waals surface area contributed by atoms with Crippen LogP contribution in [0.25, 0.3) is 0 Å². The summed E-state index contributed by atoms with van der Waals surface area (Å²) in [6, 6.07) is 7.61. The second kappa shape index (κ2) is 6.38. The van der Waals surface area contributed by atoms with Crippen LogP contribution >= 0.6 is 0 Å². The van der Waals surface area contributed by atoms with Gasteiger partial charge in [-0.3, -0.25) is 4.79 Å². The summed E-state index contributed by atoms with van der Waals surface area (Å²) < 4.78 is 5.33. The molecule has 0 aliphatic carbocycles. The summed E-state index contributed by atoms with van der Waals surface area (Å²) in [7, 11) is 1.61. The molecule has 2 atom stereocenters. The molecule has 1 heterocycles. The minimum Gasteiger partial charge on any atom is -0.496 e. The minimum absolute atomic E-state index is 0.0257. The van der Waals surface area contributed by atoms with Gasteiger partial charge in [0.05, 0.1) is 7.11 Å². The number of carbonyl (C=O) groups excluding carboxylic acids is 1. The first-order chi connectivity index (χ1) is 10.4. The van der Waals surface area contributed by atoms with Crippen molar-refractivity contribution in [3.05, 3.63) is 29.8 Å². The number of nitrogens with zero attached hydrogens (tertiary/aromatic N) is 1. The summed E-state index contributed by atoms with van der Waals surface area (Å²) in [4.78, 5) is 25.6. The number of carboxylic acid groups (broad SMARTS) is 1. The van der Waals surface area contributed by atoms with E-state index in [0.717, 1.165) is 17.7 Å². The molecule has 1 aromatic rings. The Kier molecular flexibility index (Phi) is 4.74. The van der Waals surface area contributed by atoms with Crippen molar-refractivity contribution in [3.8, 4) is 5.75 Å². The molecule has 0 radical (unpaired) electrons. The summed E-state index contributed by atoms with van der Waals surface area (Å²) in [5, 5.41) is 9.41. The molecular weight excluding hydrogens is 282 g/mol. The molecule has 1 saturated heterocycles. The van der Waals surface area contributed by atoms with Crippen molar-refractivity contribution < 1.29 is 19.4 Å². The average molecular weight is 305 g/mol. The molecular formula is C17H23NO4. The highest BCUT2D eigenvalue weighted by molar-refractivity contribution is 5.87. The maximum absolute atomic E-state index is 12.6. The number of para-hydroxylation sites is 1. The Balaban J connectivity index is 2.13. The third kappa shape index (κ3) is 2.93. The maximum atomic E-state index is 12.6. The number of amides is 1. The van der Waals surface area contributed by atoms with E-state index in [4.69, 9.17) is 4.74 Å². The molecule has 5 heteroatoms. The fourth-order valence-corrected chi connectivity index (χ4v) is 3.14. The number of hydrogen-bond acceptors (Lipinski definition) is 3. The number of carboxylic acids is 1. The Morgan fingerprint density at radius 3 is 2.73 bits per heavy atom. The van der Waals surface area contributed by atoms with Crippen molar-refractivity contribution >= 4 is 11.9 Å². The van der Waals surface area contributed by atoms with Gasteiger partial charge in [-0.2, -0.15) is 0 Å². The first-order valence-electron chi connectivity index (χ1n) is 7.57. The van der Waals surface area contributed by atoms with Crippen molar-refractivity contribution in [1.82, 2.24) is 4.90 Å². The average Bonchev–Trinajstić information content (AvgIpc) is 2.90. The Labute approximate surface area is 130 Å². The van der Waals surface area contributed by atoms with Crippen molar-refractivity contribution in [2.45, 2.75) is 44.6 Å². The van der Waals surface area contributed by atoms with Crippen molar-refractivity contribution in [1.29, 1.82) is 0 Å². The van der Waals surface area contributed by atoms with Crippen LogP contribution in [0, 0.1) is 0 Å². The summed E-state index contributed by atoms with van der Waals surface area (Å²) >= 11 is 0. The highest BCUT2D eigenvalue weighted by atomic mass is 16.5. The van der Waals surface area contributed by atoms with Gasteiger partial charge in [0.2, 0.25) is 5.91 Å². The van der Waals surface area contributed by atoms with Gasteiger partial charge in [0, 0.05) is 13.0 Å². The predicted molar refractivity (Wildman–Crippen MR) is 83.0 cm³/mol. The highest BCUT2D eigenvalue weighted by Crippen LogP contribution is 2.33. The van der Waals surface area contributed by atoms with E-state index in [0.29, 0.717) is 13.0 Å². The van der Waals surface area contributed by atoms with Crippen LogP contribution in [0.4, 0.5) is 0 Å². The second-order valence-electron chi connectivity index (χ2n) is 6.08. The third-order valence-corrected chi connectivity index (χ3v) is 4.55. The fraction of sp³-hybridized carbons (Fsp3) is 0.529. The molecule has 120 valence electrons. The first kappa shape index (κ1) is 16.3. The predicted octanol–water partition coefficient (Wildman–Crippen LogP) is 2.65. The van der Waals surface area contributed by atoms with E-state index in [1.165, 1.54) is 4.90 Å². The van der Waals surface area contributed by atoms with E-state index in [2.05, 4.69) is 0 Å². The van der Waals surface area contributed by atoms with Crippen LogP contribution in [-0.4, -0.2) is 41.1 Å². The lowest BCUT2D eigenvalue weighted by atomic mass is 9.94. The molecule has 1 amide bonds. The van der Waals surface area contributed by atoms with Gasteiger partial charge >= 0.3 is 5.97 Å². The molecule has 22 heavy (non-hydrogen) atoms. The van der Waals surface area contributed by atoms with E-state index in [1.54, 1.807) is 14.0 Å². The molecule has 0 spiro atoms. The lowest BCUT2D eigenvalue weighted by Crippen LogP contribution is -2.50. The molecule has 0 saturated carbocycles. The van der Waals surface area contributed by atoms with Crippen LogP contribution < -0.4 is 4.74 Å². The zero-order valence-corrected chi connectivity index (χ0v) is 13.3. The molecule has 1 aromatic carbocycles. The number of rotatable bonds is 5. The van der Waals surface area contributed by atoms with Crippen LogP contribution in [0.2, 0.25) is 0 Å². The van der Waals surface area contributed by atoms with E-state index in [9.17, 15) is 14.7 Å². The second-order valence-corrected chi connectivity index (χ2v) is 6.08. The van der Waals surface area contributed by atoms with Crippen LogP contribution in [0.15, 0.2) is 24.3 Å². The van der Waals surface area contributed by atoms with Gasteiger partial charge in [0.25, 0.3) is 0 Å². The maximum Gasteiger partial charge on any atom is 0.329 e. The molecule has 0 aromatic heterocycles. The number of methoxy groups -OCH3 is 1. The number of carbonyl (C=O) groups is 2. The highest BCUT2D eigenvalue weighted by Gasteiger charge is 2.45. The number of benzene rings is 1. The molecule has 1 N–H and O–H groups in total. The monoisotopic (exact) mass is 305 g/mol. The van der Waals surface area contributed by atoms with Crippen molar-refractivity contribution in [2.24, 2.45) is 0 Å². The third-order valence-electron chi connectivity index (χ3n) is 4.55. The zero-order chi connectivity index (χ0) is 16.3. The van der Waals surface area contributed by atoms with Gasteiger partial charge in [0.1, 0.15) is 11.3 Å². The molecule has 1 aliphatic rings. The standard InChI is InChI=1S/C17H23NO4/c1-12(13-7-4-5-8-14(13)22-3)11-15(19)18-10-6-9-17(18,2)16(20)21/h4-5,7-8,12H,6,9-11H2,1-3H3,(H,20,21). The van der Waals surface area contributed by atoms with E-state index >= 15 is 0 Å². The molecule has 5 nitrogen and oxygen atoms in total. The molecule has 2 unspecified atom stereocenters. The van der Waals surface area contributed by atoms with Crippen molar-refractivity contribution in [3.63, 3.8) is 0 Å². The molecule has 0 bridgehead atoms. The fourth-order valence-electron chi connectivity index (χ4n) is 3.14. The van der Waals surface area contributed by atoms with E-state index in [1.807, 2.05) is 31.2 Å². The lowest BCUT2D eigenvalue weighted by molar-refractivity contribution is -0.155. The van der Waals surface area contributed by atoms with Gasteiger partial charge in [-0.1, -0.05) is 25.1 Å². The summed E-state index contributed by atoms with van der Waals surface area (Å²) in [6.45, 7) is 4.11. The summed E-state index contributed by atoms with van der Waals surface area (Å²) in [6.07, 6.45) is 1.53. The number of ether oxygens (including phenoxy) is 1. The normalized spacial score (nSPS) is 22.4. The number of hydrogen-bond donors (Lipinski definition) is 1. The molecule has 1 fully saturated rings. The van der Waals surface area contributed by atoms with Gasteiger partial charge in [0.15, 0.2) is 0 Å². The number of aliphatic carboxylic acids is 1. The summed E-state index contributed by atoms with van der Waals surface area (Å²) in [5.74, 6) is -0.309. The largest absolute Gasteiger partial charge is 0.496 e. The first-order valence-corrected chi connectivity index (χ1v) is 7.57. The minimum atomic E-state index is -1.07.